The lowest BCUT2D eigenvalue weighted by molar-refractivity contribution is 1.58. The van der Waals surface area contributed by atoms with Gasteiger partial charge in [-0.25, -0.2) is 0 Å². The Morgan fingerprint density at radius 3 is 1.29 bits per heavy atom. The van der Waals surface area contributed by atoms with Crippen LogP contribution >= 0.6 is 87.4 Å². The van der Waals surface area contributed by atoms with Crippen LogP contribution in [0, 0.1) is 0 Å². The van der Waals surface area contributed by atoms with Crippen molar-refractivity contribution in [3.63, 3.8) is 0 Å². The van der Waals surface area contributed by atoms with Crippen molar-refractivity contribution >= 4 is 98.7 Å². The van der Waals surface area contributed by atoms with Gasteiger partial charge in [-0.05, 0) is 31.9 Å². The first-order chi connectivity index (χ1) is 6.54. The van der Waals surface area contributed by atoms with Gasteiger partial charge in [0.05, 0.1) is 30.4 Å². The van der Waals surface area contributed by atoms with Crippen LogP contribution in [0.1, 0.15) is 0 Å². The molecule has 0 bridgehead atoms. The smallest absolute Gasteiger partial charge is 0.0855 e. The third-order valence-corrected chi connectivity index (χ3v) is 5.14. The number of hydrogen-bond acceptors (Lipinski definition) is 2. The SMILES string of the molecule is Clc1c(Cl)c(Br)c(NBr)c(NBr)c1Br. The van der Waals surface area contributed by atoms with Crippen molar-refractivity contribution in [3.05, 3.63) is 19.0 Å². The molecule has 0 fully saturated rings. The fraction of sp³-hybridized carbons (Fsp3) is 0. The van der Waals surface area contributed by atoms with E-state index in [0.29, 0.717) is 19.0 Å². The molecule has 1 aromatic rings. The minimum absolute atomic E-state index is 0.437. The van der Waals surface area contributed by atoms with Gasteiger partial charge in [-0.1, -0.05) is 23.2 Å². The van der Waals surface area contributed by atoms with E-state index in [4.69, 9.17) is 23.2 Å². The van der Waals surface area contributed by atoms with E-state index in [2.05, 4.69) is 72.8 Å². The third-order valence-electron chi connectivity index (χ3n) is 1.46. The van der Waals surface area contributed by atoms with Gasteiger partial charge in [0.1, 0.15) is 0 Å². The first-order valence-corrected chi connectivity index (χ1v) is 7.06. The fourth-order valence-electron chi connectivity index (χ4n) is 0.809. The molecule has 14 heavy (non-hydrogen) atoms. The Hall–Kier alpha value is 1.32. The predicted octanol–water partition coefficient (Wildman–Crippen LogP) is 5.96. The van der Waals surface area contributed by atoms with Crippen molar-refractivity contribution in [1.82, 2.24) is 0 Å². The monoisotopic (exact) mass is 488 g/mol. The minimum Gasteiger partial charge on any atom is -0.319 e. The average molecular weight is 493 g/mol. The summed E-state index contributed by atoms with van der Waals surface area (Å²) in [6.07, 6.45) is 0. The van der Waals surface area contributed by atoms with Gasteiger partial charge in [0, 0.05) is 32.3 Å². The van der Waals surface area contributed by atoms with E-state index in [9.17, 15) is 0 Å². The maximum Gasteiger partial charge on any atom is 0.0855 e. The molecule has 0 amide bonds. The summed E-state index contributed by atoms with van der Waals surface area (Å²) in [6.45, 7) is 0. The molecule has 0 atom stereocenters. The quantitative estimate of drug-likeness (QED) is 0.302. The summed E-state index contributed by atoms with van der Waals surface area (Å²) in [7, 11) is 0. The molecule has 0 unspecified atom stereocenters. The van der Waals surface area contributed by atoms with Crippen molar-refractivity contribution in [2.75, 3.05) is 8.69 Å². The first-order valence-electron chi connectivity index (χ1n) is 3.13. The second-order valence-corrected chi connectivity index (χ2v) is 5.33. The maximum absolute atomic E-state index is 5.98. The van der Waals surface area contributed by atoms with Crippen molar-refractivity contribution in [1.29, 1.82) is 0 Å². The number of halogens is 6. The number of anilines is 2. The zero-order chi connectivity index (χ0) is 10.9. The lowest BCUT2D eigenvalue weighted by Gasteiger charge is -2.14. The molecular weight excluding hydrogens is 491 g/mol. The molecule has 8 heteroatoms. The van der Waals surface area contributed by atoms with Crippen LogP contribution in [0.5, 0.6) is 0 Å². The summed E-state index contributed by atoms with van der Waals surface area (Å²) >= 11 is 24.9. The average Bonchev–Trinajstić information content (AvgIpc) is 2.20. The van der Waals surface area contributed by atoms with Crippen LogP contribution in [0.3, 0.4) is 0 Å². The van der Waals surface area contributed by atoms with Gasteiger partial charge in [-0.3, -0.25) is 0 Å². The van der Waals surface area contributed by atoms with E-state index in [0.717, 1.165) is 11.4 Å². The molecular formula is C6H2Br4Cl2N2. The summed E-state index contributed by atoms with van der Waals surface area (Å²) in [6, 6.07) is 0. The molecule has 1 rings (SSSR count). The van der Waals surface area contributed by atoms with E-state index in [-0.39, 0.29) is 0 Å². The highest BCUT2D eigenvalue weighted by atomic mass is 79.9. The van der Waals surface area contributed by atoms with Gasteiger partial charge in [-0.15, -0.1) is 0 Å². The summed E-state index contributed by atoms with van der Waals surface area (Å²) < 4.78 is 6.99. The number of nitrogens with one attached hydrogen (secondary N) is 2. The second-order valence-electron chi connectivity index (χ2n) is 2.19. The number of hydrogen-bond donors (Lipinski definition) is 2. The van der Waals surface area contributed by atoms with Crippen molar-refractivity contribution in [3.8, 4) is 0 Å². The summed E-state index contributed by atoms with van der Waals surface area (Å²) in [5, 5.41) is 0.874. The molecule has 78 valence electrons. The minimum atomic E-state index is 0.437. The van der Waals surface area contributed by atoms with Gasteiger partial charge < -0.3 is 8.69 Å². The third kappa shape index (κ3) is 2.35. The van der Waals surface area contributed by atoms with E-state index in [1.807, 2.05) is 0 Å². The van der Waals surface area contributed by atoms with E-state index < -0.39 is 0 Å². The zero-order valence-electron chi connectivity index (χ0n) is 6.27. The van der Waals surface area contributed by atoms with Crippen LogP contribution < -0.4 is 8.69 Å². The summed E-state index contributed by atoms with van der Waals surface area (Å²) in [5.41, 5.74) is 1.48. The molecule has 2 nitrogen and oxygen atoms in total. The second kappa shape index (κ2) is 5.59. The van der Waals surface area contributed by atoms with Crippen molar-refractivity contribution in [2.24, 2.45) is 0 Å². The van der Waals surface area contributed by atoms with Crippen LogP contribution in [0.2, 0.25) is 10.0 Å². The highest BCUT2D eigenvalue weighted by Gasteiger charge is 2.18. The van der Waals surface area contributed by atoms with E-state index >= 15 is 0 Å². The van der Waals surface area contributed by atoms with Gasteiger partial charge >= 0.3 is 0 Å². The van der Waals surface area contributed by atoms with E-state index in [1.165, 1.54) is 0 Å². The lowest BCUT2D eigenvalue weighted by Crippen LogP contribution is -1.93. The molecule has 0 aliphatic rings. The van der Waals surface area contributed by atoms with Crippen molar-refractivity contribution in [2.45, 2.75) is 0 Å². The molecule has 0 aromatic heterocycles. The van der Waals surface area contributed by atoms with Crippen molar-refractivity contribution < 1.29 is 0 Å². The lowest BCUT2D eigenvalue weighted by atomic mass is 10.3. The molecule has 0 radical (unpaired) electrons. The predicted molar refractivity (Wildman–Crippen MR) is 77.0 cm³/mol. The molecule has 0 saturated heterocycles. The van der Waals surface area contributed by atoms with Crippen LogP contribution in [-0.2, 0) is 0 Å². The molecule has 0 saturated carbocycles. The van der Waals surface area contributed by atoms with E-state index in [1.54, 1.807) is 0 Å². The molecule has 0 aliphatic heterocycles. The maximum atomic E-state index is 5.98. The number of benzene rings is 1. The fourth-order valence-corrected chi connectivity index (χ4v) is 3.73. The van der Waals surface area contributed by atoms with Gasteiger partial charge in [0.15, 0.2) is 0 Å². The Labute approximate surface area is 125 Å². The Morgan fingerprint density at radius 2 is 1.07 bits per heavy atom. The highest BCUT2D eigenvalue weighted by Crippen LogP contribution is 2.48. The zero-order valence-corrected chi connectivity index (χ0v) is 14.1. The van der Waals surface area contributed by atoms with Crippen LogP contribution in [0.15, 0.2) is 8.95 Å². The van der Waals surface area contributed by atoms with Crippen LogP contribution in [0.4, 0.5) is 11.4 Å². The van der Waals surface area contributed by atoms with Gasteiger partial charge in [0.25, 0.3) is 0 Å². The summed E-state index contributed by atoms with van der Waals surface area (Å²) in [5.74, 6) is 0. The Balaban J connectivity index is 3.57. The van der Waals surface area contributed by atoms with Crippen LogP contribution in [0.25, 0.3) is 0 Å². The normalized spacial score (nSPS) is 10.1. The Bertz CT molecular complexity index is 337. The molecule has 0 spiro atoms. The molecule has 0 heterocycles. The first kappa shape index (κ1) is 13.4. The standard InChI is InChI=1S/C6H2Br4Cl2N2/c7-1-3(11)4(12)2(8)6(14-10)5(1)13-9/h13-14H. The molecule has 1 aromatic carbocycles. The molecule has 0 aliphatic carbocycles. The van der Waals surface area contributed by atoms with Gasteiger partial charge in [0.2, 0.25) is 0 Å². The summed E-state index contributed by atoms with van der Waals surface area (Å²) in [4.78, 5) is 0. The number of rotatable bonds is 2. The topological polar surface area (TPSA) is 24.1 Å². The Kier molecular flexibility index (Phi) is 5.34. The van der Waals surface area contributed by atoms with Gasteiger partial charge in [-0.2, -0.15) is 0 Å². The highest BCUT2D eigenvalue weighted by molar-refractivity contribution is 9.11. The Morgan fingerprint density at radius 1 is 0.786 bits per heavy atom. The largest absolute Gasteiger partial charge is 0.319 e. The molecule has 2 N–H and O–H groups in total. The van der Waals surface area contributed by atoms with Crippen LogP contribution in [-0.4, -0.2) is 0 Å².